The summed E-state index contributed by atoms with van der Waals surface area (Å²) >= 11 is 0. The second kappa shape index (κ2) is 6.34. The Balaban J connectivity index is 2.35. The van der Waals surface area contributed by atoms with Crippen LogP contribution in [0.4, 0.5) is 0 Å². The molecule has 2 rings (SSSR count). The highest BCUT2D eigenvalue weighted by atomic mass is 16.3. The van der Waals surface area contributed by atoms with Crippen molar-refractivity contribution in [1.82, 2.24) is 14.9 Å². The van der Waals surface area contributed by atoms with Crippen LogP contribution in [0.3, 0.4) is 0 Å². The maximum Gasteiger partial charge on any atom is 0.253 e. The largest absolute Gasteiger partial charge is 0.394 e. The average molecular weight is 273 g/mol. The molecule has 2 N–H and O–H groups in total. The minimum absolute atomic E-state index is 0.0610. The molecule has 5 nitrogen and oxygen atoms in total. The third kappa shape index (κ3) is 3.05. The molecular weight excluding hydrogens is 254 g/mol. The van der Waals surface area contributed by atoms with Gasteiger partial charge in [0.05, 0.1) is 30.2 Å². The summed E-state index contributed by atoms with van der Waals surface area (Å²) in [5.41, 5.74) is 2.37. The van der Waals surface area contributed by atoms with Crippen molar-refractivity contribution in [3.05, 3.63) is 48.0 Å². The van der Waals surface area contributed by atoms with E-state index in [2.05, 4.69) is 10.3 Å². The molecule has 1 amide bonds. The molecule has 0 radical (unpaired) electrons. The van der Waals surface area contributed by atoms with Crippen LogP contribution in [0.1, 0.15) is 29.3 Å². The van der Waals surface area contributed by atoms with E-state index in [1.165, 1.54) is 0 Å². The Morgan fingerprint density at radius 3 is 2.90 bits per heavy atom. The topological polar surface area (TPSA) is 67.2 Å². The van der Waals surface area contributed by atoms with E-state index < -0.39 is 0 Å². The van der Waals surface area contributed by atoms with Crippen LogP contribution in [-0.2, 0) is 0 Å². The van der Waals surface area contributed by atoms with Crippen LogP contribution in [-0.4, -0.2) is 33.2 Å². The third-order valence-corrected chi connectivity index (χ3v) is 3.23. The quantitative estimate of drug-likeness (QED) is 0.871. The van der Waals surface area contributed by atoms with Crippen molar-refractivity contribution in [2.45, 2.75) is 26.3 Å². The summed E-state index contributed by atoms with van der Waals surface area (Å²) in [6.45, 7) is 3.81. The van der Waals surface area contributed by atoms with E-state index in [4.69, 9.17) is 0 Å². The van der Waals surface area contributed by atoms with Gasteiger partial charge in [-0.2, -0.15) is 0 Å². The number of nitrogens with zero attached hydrogens (tertiary/aromatic N) is 2. The van der Waals surface area contributed by atoms with E-state index in [9.17, 15) is 9.90 Å². The van der Waals surface area contributed by atoms with E-state index in [-0.39, 0.29) is 18.6 Å². The molecule has 0 saturated carbocycles. The van der Waals surface area contributed by atoms with Gasteiger partial charge in [-0.15, -0.1) is 0 Å². The van der Waals surface area contributed by atoms with Crippen molar-refractivity contribution in [1.29, 1.82) is 0 Å². The molecule has 1 atom stereocenters. The lowest BCUT2D eigenvalue weighted by Crippen LogP contribution is -2.37. The van der Waals surface area contributed by atoms with Gasteiger partial charge in [0.25, 0.3) is 5.91 Å². The highest BCUT2D eigenvalue weighted by Crippen LogP contribution is 2.16. The Kier molecular flexibility index (Phi) is 4.53. The highest BCUT2D eigenvalue weighted by molar-refractivity contribution is 5.98. The average Bonchev–Trinajstić information content (AvgIpc) is 2.98. The maximum atomic E-state index is 12.4. The number of aryl methyl sites for hydroxylation is 1. The number of nitrogens with one attached hydrogen (secondary N) is 1. The lowest BCUT2D eigenvalue weighted by Gasteiger charge is -2.16. The molecular formula is C15H19N3O2. The minimum atomic E-state index is -0.223. The van der Waals surface area contributed by atoms with Crippen LogP contribution in [0.25, 0.3) is 5.69 Å². The lowest BCUT2D eigenvalue weighted by atomic mass is 10.1. The van der Waals surface area contributed by atoms with Gasteiger partial charge < -0.3 is 15.0 Å². The summed E-state index contributed by atoms with van der Waals surface area (Å²) in [6.07, 6.45) is 5.81. The van der Waals surface area contributed by atoms with Crippen LogP contribution >= 0.6 is 0 Å². The van der Waals surface area contributed by atoms with Crippen molar-refractivity contribution in [2.75, 3.05) is 6.61 Å². The number of amides is 1. The number of aromatic nitrogens is 2. The van der Waals surface area contributed by atoms with E-state index in [0.717, 1.165) is 11.3 Å². The normalized spacial score (nSPS) is 12.2. The van der Waals surface area contributed by atoms with Crippen LogP contribution in [0.15, 0.2) is 36.9 Å². The molecule has 0 fully saturated rings. The Hall–Kier alpha value is -2.14. The van der Waals surface area contributed by atoms with Gasteiger partial charge in [-0.1, -0.05) is 18.6 Å². The molecule has 0 bridgehead atoms. The van der Waals surface area contributed by atoms with Crippen molar-refractivity contribution in [3.63, 3.8) is 0 Å². The fourth-order valence-corrected chi connectivity index (χ4v) is 2.00. The molecule has 1 aromatic carbocycles. The smallest absolute Gasteiger partial charge is 0.253 e. The van der Waals surface area contributed by atoms with Crippen LogP contribution in [0.5, 0.6) is 0 Å². The fourth-order valence-electron chi connectivity index (χ4n) is 2.00. The van der Waals surface area contributed by atoms with Gasteiger partial charge >= 0.3 is 0 Å². The van der Waals surface area contributed by atoms with Crippen molar-refractivity contribution in [3.8, 4) is 5.69 Å². The standard InChI is InChI=1S/C15H19N3O2/c1-3-12(9-19)17-15(20)13-8-11(2)4-5-14(13)18-7-6-16-10-18/h4-8,10,12,19H,3,9H2,1-2H3,(H,17,20). The number of aliphatic hydroxyl groups is 1. The number of benzene rings is 1. The zero-order valence-electron chi connectivity index (χ0n) is 11.7. The van der Waals surface area contributed by atoms with Gasteiger partial charge in [-0.3, -0.25) is 4.79 Å². The first kappa shape index (κ1) is 14.3. The molecule has 20 heavy (non-hydrogen) atoms. The number of hydrogen-bond acceptors (Lipinski definition) is 3. The predicted molar refractivity (Wildman–Crippen MR) is 76.9 cm³/mol. The van der Waals surface area contributed by atoms with Gasteiger partial charge in [0, 0.05) is 12.4 Å². The molecule has 1 heterocycles. The number of carbonyl (C=O) groups excluding carboxylic acids is 1. The van der Waals surface area contributed by atoms with Crippen LogP contribution in [0.2, 0.25) is 0 Å². The highest BCUT2D eigenvalue weighted by Gasteiger charge is 2.16. The SMILES string of the molecule is CCC(CO)NC(=O)c1cc(C)ccc1-n1ccnc1. The molecule has 1 aromatic heterocycles. The Bertz CT molecular complexity index is 575. The molecule has 5 heteroatoms. The van der Waals surface area contributed by atoms with Gasteiger partial charge in [0.2, 0.25) is 0 Å². The van der Waals surface area contributed by atoms with E-state index >= 15 is 0 Å². The Morgan fingerprint density at radius 2 is 2.30 bits per heavy atom. The van der Waals surface area contributed by atoms with Crippen molar-refractivity contribution >= 4 is 5.91 Å². The Labute approximate surface area is 118 Å². The lowest BCUT2D eigenvalue weighted by molar-refractivity contribution is 0.0915. The number of rotatable bonds is 5. The van der Waals surface area contributed by atoms with E-state index in [1.807, 2.05) is 32.0 Å². The fraction of sp³-hybridized carbons (Fsp3) is 0.333. The molecule has 1 unspecified atom stereocenters. The van der Waals surface area contributed by atoms with Crippen LogP contribution in [0, 0.1) is 6.92 Å². The maximum absolute atomic E-state index is 12.4. The van der Waals surface area contributed by atoms with Gasteiger partial charge in [0.1, 0.15) is 0 Å². The van der Waals surface area contributed by atoms with E-state index in [1.54, 1.807) is 23.3 Å². The number of imidazole rings is 1. The summed E-state index contributed by atoms with van der Waals surface area (Å²) in [5, 5.41) is 12.0. The zero-order valence-corrected chi connectivity index (χ0v) is 11.7. The molecule has 0 aliphatic carbocycles. The van der Waals surface area contributed by atoms with Crippen molar-refractivity contribution < 1.29 is 9.90 Å². The van der Waals surface area contributed by atoms with E-state index in [0.29, 0.717) is 12.0 Å². The molecule has 106 valence electrons. The van der Waals surface area contributed by atoms with Crippen molar-refractivity contribution in [2.24, 2.45) is 0 Å². The predicted octanol–water partition coefficient (Wildman–Crippen LogP) is 1.68. The second-order valence-electron chi connectivity index (χ2n) is 4.75. The molecule has 0 spiro atoms. The summed E-state index contributed by atoms with van der Waals surface area (Å²) in [4.78, 5) is 16.4. The molecule has 0 saturated heterocycles. The minimum Gasteiger partial charge on any atom is -0.394 e. The monoisotopic (exact) mass is 273 g/mol. The first-order chi connectivity index (χ1) is 9.65. The number of aliphatic hydroxyl groups excluding tert-OH is 1. The molecule has 0 aliphatic heterocycles. The van der Waals surface area contributed by atoms with Gasteiger partial charge in [0.15, 0.2) is 0 Å². The zero-order chi connectivity index (χ0) is 14.5. The summed E-state index contributed by atoms with van der Waals surface area (Å²) in [5.74, 6) is -0.182. The number of hydrogen-bond donors (Lipinski definition) is 2. The molecule has 2 aromatic rings. The second-order valence-corrected chi connectivity index (χ2v) is 4.75. The first-order valence-corrected chi connectivity index (χ1v) is 6.66. The number of carbonyl (C=O) groups is 1. The van der Waals surface area contributed by atoms with Gasteiger partial charge in [-0.05, 0) is 25.5 Å². The first-order valence-electron chi connectivity index (χ1n) is 6.66. The Morgan fingerprint density at radius 1 is 1.50 bits per heavy atom. The summed E-state index contributed by atoms with van der Waals surface area (Å²) in [6, 6.07) is 5.47. The summed E-state index contributed by atoms with van der Waals surface area (Å²) < 4.78 is 1.80. The third-order valence-electron chi connectivity index (χ3n) is 3.23. The van der Waals surface area contributed by atoms with Crippen LogP contribution < -0.4 is 5.32 Å². The molecule has 0 aliphatic rings. The van der Waals surface area contributed by atoms with Gasteiger partial charge in [-0.25, -0.2) is 4.98 Å². The summed E-state index contributed by atoms with van der Waals surface area (Å²) in [7, 11) is 0.